The molecule has 0 saturated carbocycles. The summed E-state index contributed by atoms with van der Waals surface area (Å²) in [5.41, 5.74) is 1.56. The number of methoxy groups -OCH3 is 1. The third-order valence-corrected chi connectivity index (χ3v) is 5.46. The molecular weight excluding hydrogens is 322 g/mol. The molecule has 5 heteroatoms. The molecule has 0 bridgehead atoms. The Bertz CT molecular complexity index is 793. The minimum atomic E-state index is -3.62. The van der Waals surface area contributed by atoms with Gasteiger partial charge in [0.25, 0.3) is 0 Å². The quantitative estimate of drug-likeness (QED) is 0.888. The van der Waals surface area contributed by atoms with E-state index in [2.05, 4.69) is 4.72 Å². The SMILES string of the molecule is COc1ccc(S(=O)(=O)N[C@@H](C)c2ccccc2)cc1C(C)(C)C. The first-order chi connectivity index (χ1) is 11.1. The first-order valence-electron chi connectivity index (χ1n) is 7.91. The highest BCUT2D eigenvalue weighted by atomic mass is 32.2. The van der Waals surface area contributed by atoms with Gasteiger partial charge >= 0.3 is 0 Å². The van der Waals surface area contributed by atoms with Crippen molar-refractivity contribution in [3.63, 3.8) is 0 Å². The van der Waals surface area contributed by atoms with E-state index < -0.39 is 10.0 Å². The molecule has 0 unspecified atom stereocenters. The summed E-state index contributed by atoms with van der Waals surface area (Å²) >= 11 is 0. The lowest BCUT2D eigenvalue weighted by molar-refractivity contribution is 0.397. The molecule has 0 aliphatic carbocycles. The second kappa shape index (κ2) is 6.95. The van der Waals surface area contributed by atoms with Gasteiger partial charge in [0, 0.05) is 11.6 Å². The summed E-state index contributed by atoms with van der Waals surface area (Å²) in [6.45, 7) is 7.92. The van der Waals surface area contributed by atoms with E-state index in [-0.39, 0.29) is 16.4 Å². The average molecular weight is 347 g/mol. The molecule has 0 radical (unpaired) electrons. The van der Waals surface area contributed by atoms with Crippen LogP contribution < -0.4 is 9.46 Å². The third-order valence-electron chi connectivity index (χ3n) is 3.92. The molecule has 0 saturated heterocycles. The first kappa shape index (κ1) is 18.5. The lowest BCUT2D eigenvalue weighted by Crippen LogP contribution is -2.27. The number of nitrogens with one attached hydrogen (secondary N) is 1. The summed E-state index contributed by atoms with van der Waals surface area (Å²) in [4.78, 5) is 0.246. The molecule has 4 nitrogen and oxygen atoms in total. The highest BCUT2D eigenvalue weighted by Crippen LogP contribution is 2.33. The smallest absolute Gasteiger partial charge is 0.241 e. The molecule has 1 N–H and O–H groups in total. The fourth-order valence-electron chi connectivity index (χ4n) is 2.55. The van der Waals surface area contributed by atoms with Gasteiger partial charge in [-0.25, -0.2) is 13.1 Å². The van der Waals surface area contributed by atoms with Gasteiger partial charge in [0.1, 0.15) is 5.75 Å². The topological polar surface area (TPSA) is 55.4 Å². The van der Waals surface area contributed by atoms with E-state index >= 15 is 0 Å². The second-order valence-corrected chi connectivity index (χ2v) is 8.58. The largest absolute Gasteiger partial charge is 0.496 e. The Labute approximate surface area is 144 Å². The van der Waals surface area contributed by atoms with Gasteiger partial charge in [0.2, 0.25) is 10.0 Å². The predicted molar refractivity (Wildman–Crippen MR) is 96.9 cm³/mol. The molecule has 0 heterocycles. The zero-order valence-electron chi connectivity index (χ0n) is 14.8. The predicted octanol–water partition coefficient (Wildman–Crippen LogP) is 4.03. The number of benzene rings is 2. The van der Waals surface area contributed by atoms with Gasteiger partial charge in [-0.15, -0.1) is 0 Å². The van der Waals surface area contributed by atoms with Gasteiger partial charge in [-0.05, 0) is 36.1 Å². The zero-order valence-corrected chi connectivity index (χ0v) is 15.6. The van der Waals surface area contributed by atoms with Crippen molar-refractivity contribution in [2.24, 2.45) is 0 Å². The van der Waals surface area contributed by atoms with Gasteiger partial charge in [0.05, 0.1) is 12.0 Å². The standard InChI is InChI=1S/C19H25NO3S/c1-14(15-9-7-6-8-10-15)20-24(21,22)16-11-12-18(23-5)17(13-16)19(2,3)4/h6-14,20H,1-5H3/t14-/m0/s1. The Balaban J connectivity index is 2.36. The highest BCUT2D eigenvalue weighted by molar-refractivity contribution is 7.89. The van der Waals surface area contributed by atoms with Crippen molar-refractivity contribution in [3.8, 4) is 5.75 Å². The van der Waals surface area contributed by atoms with Crippen molar-refractivity contribution in [2.45, 2.75) is 44.0 Å². The van der Waals surface area contributed by atoms with Gasteiger partial charge in [0.15, 0.2) is 0 Å². The normalized spacial score (nSPS) is 13.5. The van der Waals surface area contributed by atoms with Crippen molar-refractivity contribution < 1.29 is 13.2 Å². The van der Waals surface area contributed by atoms with Gasteiger partial charge < -0.3 is 4.74 Å². The Hall–Kier alpha value is -1.85. The van der Waals surface area contributed by atoms with Crippen LogP contribution in [0.1, 0.15) is 44.9 Å². The average Bonchev–Trinajstić information content (AvgIpc) is 2.53. The molecule has 0 amide bonds. The number of hydrogen-bond donors (Lipinski definition) is 1. The van der Waals surface area contributed by atoms with Crippen LogP contribution in [0.25, 0.3) is 0 Å². The molecule has 0 fully saturated rings. The van der Waals surface area contributed by atoms with Crippen molar-refractivity contribution in [2.75, 3.05) is 7.11 Å². The van der Waals surface area contributed by atoms with Crippen molar-refractivity contribution in [1.29, 1.82) is 0 Å². The van der Waals surface area contributed by atoms with E-state index in [1.165, 1.54) is 0 Å². The van der Waals surface area contributed by atoms with Crippen LogP contribution in [0.4, 0.5) is 0 Å². The highest BCUT2D eigenvalue weighted by Gasteiger charge is 2.24. The maximum atomic E-state index is 12.7. The van der Waals surface area contributed by atoms with Crippen LogP contribution in [0.2, 0.25) is 0 Å². The van der Waals surface area contributed by atoms with Crippen molar-refractivity contribution in [3.05, 3.63) is 59.7 Å². The summed E-state index contributed by atoms with van der Waals surface area (Å²) in [6.07, 6.45) is 0. The monoisotopic (exact) mass is 347 g/mol. The Morgan fingerprint density at radius 1 is 1.04 bits per heavy atom. The second-order valence-electron chi connectivity index (χ2n) is 6.87. The Morgan fingerprint density at radius 3 is 2.21 bits per heavy atom. The fraction of sp³-hybridized carbons (Fsp3) is 0.368. The maximum absolute atomic E-state index is 12.7. The Morgan fingerprint density at radius 2 is 1.67 bits per heavy atom. The fourth-order valence-corrected chi connectivity index (χ4v) is 3.81. The molecule has 130 valence electrons. The van der Waals surface area contributed by atoms with Gasteiger partial charge in [-0.1, -0.05) is 51.1 Å². The van der Waals surface area contributed by atoms with Gasteiger partial charge in [-0.3, -0.25) is 0 Å². The first-order valence-corrected chi connectivity index (χ1v) is 9.39. The third kappa shape index (κ3) is 4.16. The van der Waals surface area contributed by atoms with E-state index in [0.29, 0.717) is 5.75 Å². The van der Waals surface area contributed by atoms with Crippen molar-refractivity contribution in [1.82, 2.24) is 4.72 Å². The van der Waals surface area contributed by atoms with Crippen LogP contribution in [0.5, 0.6) is 5.75 Å². The maximum Gasteiger partial charge on any atom is 0.241 e. The van der Waals surface area contributed by atoms with Crippen LogP contribution in [0, 0.1) is 0 Å². The summed E-state index contributed by atoms with van der Waals surface area (Å²) in [5, 5.41) is 0. The van der Waals surface area contributed by atoms with Crippen LogP contribution in [0.3, 0.4) is 0 Å². The number of hydrogen-bond acceptors (Lipinski definition) is 3. The van der Waals surface area contributed by atoms with E-state index in [1.54, 1.807) is 25.3 Å². The van der Waals surface area contributed by atoms with E-state index in [1.807, 2.05) is 58.0 Å². The summed E-state index contributed by atoms with van der Waals surface area (Å²) in [6, 6.07) is 14.2. The molecule has 0 aliphatic heterocycles. The van der Waals surface area contributed by atoms with Crippen LogP contribution in [-0.4, -0.2) is 15.5 Å². The molecule has 0 aliphatic rings. The molecule has 1 atom stereocenters. The van der Waals surface area contributed by atoms with Gasteiger partial charge in [-0.2, -0.15) is 0 Å². The molecule has 24 heavy (non-hydrogen) atoms. The summed E-state index contributed by atoms with van der Waals surface area (Å²) in [7, 11) is -2.03. The number of ether oxygens (including phenoxy) is 1. The molecule has 2 aromatic carbocycles. The van der Waals surface area contributed by atoms with E-state index in [9.17, 15) is 8.42 Å². The van der Waals surface area contributed by atoms with Crippen LogP contribution in [0.15, 0.2) is 53.4 Å². The molecule has 0 aromatic heterocycles. The molecule has 2 aromatic rings. The Kier molecular flexibility index (Phi) is 5.35. The summed E-state index contributed by atoms with van der Waals surface area (Å²) in [5.74, 6) is 0.692. The lowest BCUT2D eigenvalue weighted by atomic mass is 9.86. The zero-order chi connectivity index (χ0) is 18.0. The molecular formula is C19H25NO3S. The van der Waals surface area contributed by atoms with E-state index in [4.69, 9.17) is 4.74 Å². The number of rotatable bonds is 5. The summed E-state index contributed by atoms with van der Waals surface area (Å²) < 4.78 is 33.6. The van der Waals surface area contributed by atoms with Crippen molar-refractivity contribution >= 4 is 10.0 Å². The van der Waals surface area contributed by atoms with Crippen LogP contribution >= 0.6 is 0 Å². The lowest BCUT2D eigenvalue weighted by Gasteiger charge is -2.23. The molecule has 2 rings (SSSR count). The van der Waals surface area contributed by atoms with Crippen LogP contribution in [-0.2, 0) is 15.4 Å². The molecule has 0 spiro atoms. The number of sulfonamides is 1. The minimum Gasteiger partial charge on any atom is -0.496 e. The van der Waals surface area contributed by atoms with E-state index in [0.717, 1.165) is 11.1 Å². The minimum absolute atomic E-state index is 0.220.